The molecule has 2 aromatic rings. The van der Waals surface area contributed by atoms with Crippen LogP contribution in [0.4, 0.5) is 11.4 Å². The highest BCUT2D eigenvalue weighted by atomic mass is 35.5. The highest BCUT2D eigenvalue weighted by molar-refractivity contribution is 7.91. The van der Waals surface area contributed by atoms with Gasteiger partial charge in [0.15, 0.2) is 9.84 Å². The van der Waals surface area contributed by atoms with E-state index in [1.54, 1.807) is 37.3 Å². The lowest BCUT2D eigenvalue weighted by molar-refractivity contribution is -0.384. The normalized spacial score (nSPS) is 11.2. The zero-order valence-corrected chi connectivity index (χ0v) is 13.9. The number of nitro benzene ring substituents is 1. The van der Waals surface area contributed by atoms with E-state index in [0.29, 0.717) is 11.3 Å². The molecule has 0 aliphatic heterocycles. The summed E-state index contributed by atoms with van der Waals surface area (Å²) in [7, 11) is -3.39. The van der Waals surface area contributed by atoms with E-state index in [4.69, 9.17) is 11.6 Å². The number of hydrogen-bond donors (Lipinski definition) is 1. The average Bonchev–Trinajstić information content (AvgIpc) is 2.50. The fourth-order valence-corrected chi connectivity index (χ4v) is 3.62. The minimum absolute atomic E-state index is 0.102. The standard InChI is InChI=1S/C15H15ClN2O4S/c1-11-9-12(18(19)20)10-14(16)15(11)17-7-8-23(21,22)13-5-3-2-4-6-13/h2-6,9-10,17H,7-8H2,1H3. The Kier molecular flexibility index (Phi) is 5.23. The first-order valence-electron chi connectivity index (χ1n) is 6.77. The van der Waals surface area contributed by atoms with Crippen LogP contribution in [0.5, 0.6) is 0 Å². The average molecular weight is 355 g/mol. The van der Waals surface area contributed by atoms with Crippen molar-refractivity contribution < 1.29 is 13.3 Å². The molecule has 0 saturated carbocycles. The molecule has 2 aromatic carbocycles. The Morgan fingerprint density at radius 1 is 1.22 bits per heavy atom. The predicted molar refractivity (Wildman–Crippen MR) is 89.8 cm³/mol. The molecule has 0 spiro atoms. The molecule has 0 saturated heterocycles. The molecule has 8 heteroatoms. The van der Waals surface area contributed by atoms with Crippen molar-refractivity contribution >= 4 is 32.8 Å². The van der Waals surface area contributed by atoms with Crippen LogP contribution < -0.4 is 5.32 Å². The van der Waals surface area contributed by atoms with Crippen LogP contribution in [0.25, 0.3) is 0 Å². The molecule has 0 radical (unpaired) electrons. The lowest BCUT2D eigenvalue weighted by Crippen LogP contribution is -2.16. The summed E-state index contributed by atoms with van der Waals surface area (Å²) in [5, 5.41) is 13.9. The van der Waals surface area contributed by atoms with Gasteiger partial charge in [0, 0.05) is 18.7 Å². The Morgan fingerprint density at radius 2 is 1.87 bits per heavy atom. The van der Waals surface area contributed by atoms with Gasteiger partial charge >= 0.3 is 0 Å². The quantitative estimate of drug-likeness (QED) is 0.634. The van der Waals surface area contributed by atoms with E-state index in [1.807, 2.05) is 0 Å². The first-order chi connectivity index (χ1) is 10.8. The molecule has 0 atom stereocenters. The second-order valence-corrected chi connectivity index (χ2v) is 7.45. The minimum atomic E-state index is -3.39. The zero-order chi connectivity index (χ0) is 17.0. The van der Waals surface area contributed by atoms with Crippen molar-refractivity contribution in [2.75, 3.05) is 17.6 Å². The number of sulfone groups is 1. The number of anilines is 1. The van der Waals surface area contributed by atoms with Crippen molar-refractivity contribution in [1.82, 2.24) is 0 Å². The van der Waals surface area contributed by atoms with E-state index in [9.17, 15) is 18.5 Å². The van der Waals surface area contributed by atoms with Crippen molar-refractivity contribution in [3.05, 3.63) is 63.2 Å². The number of non-ortho nitro benzene ring substituents is 1. The van der Waals surface area contributed by atoms with E-state index in [-0.39, 0.29) is 27.9 Å². The summed E-state index contributed by atoms with van der Waals surface area (Å²) in [4.78, 5) is 10.5. The number of halogens is 1. The summed E-state index contributed by atoms with van der Waals surface area (Å²) in [6.45, 7) is 1.82. The third kappa shape index (κ3) is 4.20. The Morgan fingerprint density at radius 3 is 2.43 bits per heavy atom. The van der Waals surface area contributed by atoms with Gasteiger partial charge in [-0.2, -0.15) is 0 Å². The molecule has 23 heavy (non-hydrogen) atoms. The Bertz CT molecular complexity index is 800. The molecule has 0 aliphatic carbocycles. The summed E-state index contributed by atoms with van der Waals surface area (Å²) in [6.07, 6.45) is 0. The Balaban J connectivity index is 2.09. The maximum Gasteiger partial charge on any atom is 0.271 e. The smallest absolute Gasteiger partial charge is 0.271 e. The number of nitrogens with zero attached hydrogens (tertiary/aromatic N) is 1. The predicted octanol–water partition coefficient (Wildman–Crippen LogP) is 3.44. The summed E-state index contributed by atoms with van der Waals surface area (Å²) < 4.78 is 24.3. The molecule has 0 unspecified atom stereocenters. The molecule has 0 bridgehead atoms. The molecule has 0 aromatic heterocycles. The molecule has 122 valence electrons. The summed E-state index contributed by atoms with van der Waals surface area (Å²) >= 11 is 6.03. The van der Waals surface area contributed by atoms with Crippen LogP contribution in [0, 0.1) is 17.0 Å². The highest BCUT2D eigenvalue weighted by Gasteiger charge is 2.16. The van der Waals surface area contributed by atoms with Crippen molar-refractivity contribution in [2.45, 2.75) is 11.8 Å². The Labute approximate surface area is 139 Å². The minimum Gasteiger partial charge on any atom is -0.383 e. The number of benzene rings is 2. The Hall–Kier alpha value is -2.12. The number of nitrogens with one attached hydrogen (secondary N) is 1. The largest absolute Gasteiger partial charge is 0.383 e. The van der Waals surface area contributed by atoms with Gasteiger partial charge in [-0.05, 0) is 24.6 Å². The van der Waals surface area contributed by atoms with Gasteiger partial charge in [-0.25, -0.2) is 8.42 Å². The van der Waals surface area contributed by atoms with Crippen LogP contribution in [0.15, 0.2) is 47.4 Å². The number of nitro groups is 1. The van der Waals surface area contributed by atoms with Gasteiger partial charge < -0.3 is 5.32 Å². The van der Waals surface area contributed by atoms with Crippen LogP contribution in [0.1, 0.15) is 5.56 Å². The van der Waals surface area contributed by atoms with Gasteiger partial charge in [0.1, 0.15) is 0 Å². The van der Waals surface area contributed by atoms with Crippen LogP contribution >= 0.6 is 11.6 Å². The van der Waals surface area contributed by atoms with E-state index in [2.05, 4.69) is 5.32 Å². The maximum absolute atomic E-state index is 12.2. The summed E-state index contributed by atoms with van der Waals surface area (Å²) in [5.41, 5.74) is 0.983. The second kappa shape index (κ2) is 6.97. The first-order valence-corrected chi connectivity index (χ1v) is 8.80. The van der Waals surface area contributed by atoms with E-state index >= 15 is 0 Å². The van der Waals surface area contributed by atoms with Crippen molar-refractivity contribution in [3.63, 3.8) is 0 Å². The molecule has 0 aliphatic rings. The van der Waals surface area contributed by atoms with E-state index < -0.39 is 14.8 Å². The third-order valence-electron chi connectivity index (χ3n) is 3.26. The molecule has 0 heterocycles. The number of rotatable bonds is 6. The molecular formula is C15H15ClN2O4S. The molecule has 0 amide bonds. The number of hydrogen-bond acceptors (Lipinski definition) is 5. The van der Waals surface area contributed by atoms with Gasteiger partial charge in [-0.1, -0.05) is 29.8 Å². The lowest BCUT2D eigenvalue weighted by atomic mass is 10.2. The van der Waals surface area contributed by atoms with Crippen LogP contribution in [-0.2, 0) is 9.84 Å². The van der Waals surface area contributed by atoms with Crippen LogP contribution in [-0.4, -0.2) is 25.6 Å². The van der Waals surface area contributed by atoms with Gasteiger partial charge in [-0.3, -0.25) is 10.1 Å². The van der Waals surface area contributed by atoms with Crippen LogP contribution in [0.2, 0.25) is 5.02 Å². The second-order valence-electron chi connectivity index (χ2n) is 4.94. The van der Waals surface area contributed by atoms with Gasteiger partial charge in [0.2, 0.25) is 0 Å². The monoisotopic (exact) mass is 354 g/mol. The molecule has 2 rings (SSSR count). The van der Waals surface area contributed by atoms with Crippen molar-refractivity contribution in [3.8, 4) is 0 Å². The van der Waals surface area contributed by atoms with E-state index in [1.165, 1.54) is 12.1 Å². The molecule has 6 nitrogen and oxygen atoms in total. The fraction of sp³-hybridized carbons (Fsp3) is 0.200. The van der Waals surface area contributed by atoms with Crippen molar-refractivity contribution in [2.24, 2.45) is 0 Å². The van der Waals surface area contributed by atoms with Gasteiger partial charge in [-0.15, -0.1) is 0 Å². The lowest BCUT2D eigenvalue weighted by Gasteiger charge is -2.12. The molecule has 0 fully saturated rings. The van der Waals surface area contributed by atoms with E-state index in [0.717, 1.165) is 0 Å². The van der Waals surface area contributed by atoms with Gasteiger partial charge in [0.05, 0.1) is 26.3 Å². The molecular weight excluding hydrogens is 340 g/mol. The summed E-state index contributed by atoms with van der Waals surface area (Å²) in [6, 6.07) is 10.8. The topological polar surface area (TPSA) is 89.3 Å². The van der Waals surface area contributed by atoms with Gasteiger partial charge in [0.25, 0.3) is 5.69 Å². The fourth-order valence-electron chi connectivity index (χ4n) is 2.11. The zero-order valence-electron chi connectivity index (χ0n) is 12.3. The SMILES string of the molecule is Cc1cc([N+](=O)[O-])cc(Cl)c1NCCS(=O)(=O)c1ccccc1. The number of aryl methyl sites for hydroxylation is 1. The first kappa shape index (κ1) is 17.2. The highest BCUT2D eigenvalue weighted by Crippen LogP contribution is 2.30. The summed E-state index contributed by atoms with van der Waals surface area (Å²) in [5.74, 6) is -0.107. The maximum atomic E-state index is 12.2. The van der Waals surface area contributed by atoms with Crippen molar-refractivity contribution in [1.29, 1.82) is 0 Å². The third-order valence-corrected chi connectivity index (χ3v) is 5.29. The molecule has 1 N–H and O–H groups in total. The van der Waals surface area contributed by atoms with Crippen LogP contribution in [0.3, 0.4) is 0 Å².